The van der Waals surface area contributed by atoms with Gasteiger partial charge in [0, 0.05) is 19.6 Å². The lowest BCUT2D eigenvalue weighted by Gasteiger charge is -2.31. The van der Waals surface area contributed by atoms with Crippen molar-refractivity contribution in [2.45, 2.75) is 19.4 Å². The van der Waals surface area contributed by atoms with Crippen molar-refractivity contribution in [2.75, 3.05) is 26.3 Å². The van der Waals surface area contributed by atoms with Crippen LogP contribution in [0, 0.1) is 5.92 Å². The molecule has 1 aromatic carbocycles. The molecule has 1 unspecified atom stereocenters. The fourth-order valence-electron chi connectivity index (χ4n) is 3.48. The van der Waals surface area contributed by atoms with E-state index in [1.165, 1.54) is 12.5 Å². The summed E-state index contributed by atoms with van der Waals surface area (Å²) in [6, 6.07) is 7.32. The Balaban J connectivity index is 1.33. The van der Waals surface area contributed by atoms with E-state index in [9.17, 15) is 9.59 Å². The van der Waals surface area contributed by atoms with Gasteiger partial charge in [0.2, 0.25) is 5.91 Å². The summed E-state index contributed by atoms with van der Waals surface area (Å²) in [4.78, 5) is 26.8. The van der Waals surface area contributed by atoms with Crippen LogP contribution in [-0.2, 0) is 11.3 Å². The molecule has 7 nitrogen and oxygen atoms in total. The Hall–Kier alpha value is -2.96. The van der Waals surface area contributed by atoms with Gasteiger partial charge in [-0.2, -0.15) is 0 Å². The number of ether oxygens (including phenoxy) is 2. The number of fused-ring (bicyclic) bond motifs is 1. The summed E-state index contributed by atoms with van der Waals surface area (Å²) >= 11 is 0. The van der Waals surface area contributed by atoms with Gasteiger partial charge in [-0.05, 0) is 36.6 Å². The molecule has 2 aliphatic rings. The lowest BCUT2D eigenvalue weighted by atomic mass is 9.96. The van der Waals surface area contributed by atoms with Gasteiger partial charge in [-0.15, -0.1) is 0 Å². The van der Waals surface area contributed by atoms with E-state index < -0.39 is 0 Å². The molecular weight excluding hydrogens is 348 g/mol. The lowest BCUT2D eigenvalue weighted by molar-refractivity contribution is -0.126. The van der Waals surface area contributed by atoms with Gasteiger partial charge in [0.05, 0.1) is 17.7 Å². The van der Waals surface area contributed by atoms with Gasteiger partial charge in [-0.3, -0.25) is 9.59 Å². The number of hydrogen-bond acceptors (Lipinski definition) is 5. The maximum absolute atomic E-state index is 12.6. The molecule has 1 N–H and O–H groups in total. The number of carbonyl (C=O) groups is 2. The van der Waals surface area contributed by atoms with E-state index in [-0.39, 0.29) is 17.7 Å². The van der Waals surface area contributed by atoms with Crippen LogP contribution in [0.5, 0.6) is 11.5 Å². The molecule has 7 heteroatoms. The van der Waals surface area contributed by atoms with Gasteiger partial charge in [-0.1, -0.05) is 6.07 Å². The molecule has 0 aliphatic carbocycles. The molecule has 1 atom stereocenters. The fourth-order valence-corrected chi connectivity index (χ4v) is 3.48. The van der Waals surface area contributed by atoms with E-state index >= 15 is 0 Å². The normalized spacial score (nSPS) is 18.8. The second-order valence-electron chi connectivity index (χ2n) is 6.80. The Bertz CT molecular complexity index is 818. The average molecular weight is 370 g/mol. The Morgan fingerprint density at radius 2 is 2.00 bits per heavy atom. The zero-order valence-electron chi connectivity index (χ0n) is 15.0. The second kappa shape index (κ2) is 7.73. The number of likely N-dealkylation sites (tertiary alicyclic amines) is 1. The highest BCUT2D eigenvalue weighted by Gasteiger charge is 2.29. The minimum atomic E-state index is -0.202. The fraction of sp³-hybridized carbons (Fsp3) is 0.400. The molecule has 2 amide bonds. The van der Waals surface area contributed by atoms with Crippen molar-refractivity contribution < 1.29 is 23.5 Å². The number of piperidine rings is 1. The van der Waals surface area contributed by atoms with Crippen LogP contribution in [-0.4, -0.2) is 43.0 Å². The van der Waals surface area contributed by atoms with Gasteiger partial charge in [0.1, 0.15) is 19.5 Å². The first-order valence-electron chi connectivity index (χ1n) is 9.18. The third-order valence-electron chi connectivity index (χ3n) is 4.92. The number of carbonyl (C=O) groups excluding carboxylic acids is 2. The highest BCUT2D eigenvalue weighted by Crippen LogP contribution is 2.30. The van der Waals surface area contributed by atoms with Crippen LogP contribution >= 0.6 is 0 Å². The van der Waals surface area contributed by atoms with Crippen molar-refractivity contribution in [1.29, 1.82) is 0 Å². The first-order valence-corrected chi connectivity index (χ1v) is 9.18. The zero-order valence-corrected chi connectivity index (χ0v) is 15.0. The molecule has 4 rings (SSSR count). The molecule has 0 spiro atoms. The van der Waals surface area contributed by atoms with Gasteiger partial charge in [0.25, 0.3) is 5.91 Å². The van der Waals surface area contributed by atoms with Crippen LogP contribution in [0.1, 0.15) is 28.8 Å². The summed E-state index contributed by atoms with van der Waals surface area (Å²) < 4.78 is 16.1. The quantitative estimate of drug-likeness (QED) is 0.893. The number of nitrogens with zero attached hydrogens (tertiary/aromatic N) is 1. The lowest BCUT2D eigenvalue weighted by Crippen LogP contribution is -2.45. The second-order valence-corrected chi connectivity index (χ2v) is 6.80. The van der Waals surface area contributed by atoms with Crippen LogP contribution in [0.25, 0.3) is 0 Å². The van der Waals surface area contributed by atoms with Crippen molar-refractivity contribution in [3.8, 4) is 11.5 Å². The number of hydrogen-bond donors (Lipinski definition) is 1. The van der Waals surface area contributed by atoms with Crippen molar-refractivity contribution in [2.24, 2.45) is 5.92 Å². The van der Waals surface area contributed by atoms with Gasteiger partial charge in [-0.25, -0.2) is 0 Å². The summed E-state index contributed by atoms with van der Waals surface area (Å²) in [5.74, 6) is 1.12. The first-order chi connectivity index (χ1) is 13.2. The van der Waals surface area contributed by atoms with E-state index in [1.807, 2.05) is 18.2 Å². The Labute approximate surface area is 157 Å². The molecule has 142 valence electrons. The molecule has 1 saturated heterocycles. The molecule has 0 saturated carbocycles. The number of benzene rings is 1. The molecule has 2 aliphatic heterocycles. The molecule has 0 bridgehead atoms. The average Bonchev–Trinajstić information content (AvgIpc) is 3.26. The highest BCUT2D eigenvalue weighted by molar-refractivity contribution is 5.94. The maximum Gasteiger partial charge on any atom is 0.257 e. The highest BCUT2D eigenvalue weighted by atomic mass is 16.6. The topological polar surface area (TPSA) is 81.0 Å². The van der Waals surface area contributed by atoms with E-state index in [1.54, 1.807) is 11.0 Å². The smallest absolute Gasteiger partial charge is 0.257 e. The van der Waals surface area contributed by atoms with Crippen LogP contribution in [0.15, 0.2) is 41.2 Å². The maximum atomic E-state index is 12.6. The number of nitrogens with one attached hydrogen (secondary N) is 1. The minimum Gasteiger partial charge on any atom is -0.486 e. The van der Waals surface area contributed by atoms with Crippen LogP contribution < -0.4 is 14.8 Å². The van der Waals surface area contributed by atoms with Gasteiger partial charge in [0.15, 0.2) is 11.5 Å². The summed E-state index contributed by atoms with van der Waals surface area (Å²) in [5.41, 5.74) is 1.47. The van der Waals surface area contributed by atoms with Crippen LogP contribution in [0.4, 0.5) is 0 Å². The summed E-state index contributed by atoms with van der Waals surface area (Å²) in [5, 5.41) is 2.98. The zero-order chi connectivity index (χ0) is 18.6. The van der Waals surface area contributed by atoms with E-state index in [0.29, 0.717) is 44.2 Å². The molecule has 27 heavy (non-hydrogen) atoms. The summed E-state index contributed by atoms with van der Waals surface area (Å²) in [7, 11) is 0. The summed E-state index contributed by atoms with van der Waals surface area (Å²) in [6.45, 7) is 2.60. The predicted molar refractivity (Wildman–Crippen MR) is 96.6 cm³/mol. The Morgan fingerprint density at radius 3 is 2.81 bits per heavy atom. The third kappa shape index (κ3) is 3.92. The molecular formula is C20H22N2O5. The molecule has 1 aromatic heterocycles. The van der Waals surface area contributed by atoms with E-state index in [0.717, 1.165) is 24.2 Å². The summed E-state index contributed by atoms with van der Waals surface area (Å²) in [6.07, 6.45) is 4.51. The largest absolute Gasteiger partial charge is 0.486 e. The van der Waals surface area contributed by atoms with E-state index in [2.05, 4.69) is 5.32 Å². The Kier molecular flexibility index (Phi) is 5.00. The number of amides is 2. The van der Waals surface area contributed by atoms with Crippen molar-refractivity contribution >= 4 is 11.8 Å². The first kappa shape index (κ1) is 17.5. The predicted octanol–water partition coefficient (Wildman–Crippen LogP) is 2.22. The van der Waals surface area contributed by atoms with Crippen LogP contribution in [0.3, 0.4) is 0 Å². The minimum absolute atomic E-state index is 0.0328. The molecule has 2 aromatic rings. The molecule has 1 fully saturated rings. The molecule has 0 radical (unpaired) electrons. The van der Waals surface area contributed by atoms with Crippen molar-refractivity contribution in [3.05, 3.63) is 47.9 Å². The Morgan fingerprint density at radius 1 is 1.15 bits per heavy atom. The van der Waals surface area contributed by atoms with E-state index in [4.69, 9.17) is 13.9 Å². The number of furan rings is 1. The standard InChI is InChI=1S/C20H22N2O5/c23-19(21-11-14-3-4-17-18(10-14)27-9-8-26-17)15-2-1-6-22(12-15)20(24)16-5-7-25-13-16/h3-5,7,10,13,15H,1-2,6,8-9,11-12H2,(H,21,23). The molecule has 3 heterocycles. The van der Waals surface area contributed by atoms with Gasteiger partial charge >= 0.3 is 0 Å². The third-order valence-corrected chi connectivity index (χ3v) is 4.92. The van der Waals surface area contributed by atoms with Crippen LogP contribution in [0.2, 0.25) is 0 Å². The van der Waals surface area contributed by atoms with Crippen molar-refractivity contribution in [1.82, 2.24) is 10.2 Å². The van der Waals surface area contributed by atoms with Gasteiger partial charge < -0.3 is 24.1 Å². The number of rotatable bonds is 4. The van der Waals surface area contributed by atoms with Crippen molar-refractivity contribution in [3.63, 3.8) is 0 Å². The SMILES string of the molecule is O=C(NCc1ccc2c(c1)OCCO2)C1CCCN(C(=O)c2ccoc2)C1. The monoisotopic (exact) mass is 370 g/mol.